The van der Waals surface area contributed by atoms with E-state index in [-0.39, 0.29) is 0 Å². The number of H-pyrrole nitrogens is 1. The van der Waals surface area contributed by atoms with E-state index in [1.807, 2.05) is 7.05 Å². The molecule has 0 amide bonds. The van der Waals surface area contributed by atoms with Crippen LogP contribution in [0.5, 0.6) is 0 Å². The molecule has 0 bridgehead atoms. The van der Waals surface area contributed by atoms with Gasteiger partial charge in [0.15, 0.2) is 4.77 Å². The van der Waals surface area contributed by atoms with E-state index < -0.39 is 0 Å². The van der Waals surface area contributed by atoms with Gasteiger partial charge >= 0.3 is 0 Å². The average Bonchev–Trinajstić information content (AvgIpc) is 2.18. The first-order chi connectivity index (χ1) is 6.81. The second-order valence-electron chi connectivity index (χ2n) is 3.28. The standard InChI is InChI=1S/C9H13N3OS/c1-10-4-7-6-2-3-13-5-8(6)12-9(14)11-7/h10H,2-5H2,1H3,(H,11,12,14). The molecule has 2 heterocycles. The van der Waals surface area contributed by atoms with E-state index in [2.05, 4.69) is 15.3 Å². The summed E-state index contributed by atoms with van der Waals surface area (Å²) in [6.07, 6.45) is 0.922. The van der Waals surface area contributed by atoms with Gasteiger partial charge in [-0.1, -0.05) is 0 Å². The number of nitrogens with one attached hydrogen (secondary N) is 2. The van der Waals surface area contributed by atoms with Crippen molar-refractivity contribution in [1.29, 1.82) is 0 Å². The van der Waals surface area contributed by atoms with Gasteiger partial charge in [-0.2, -0.15) is 0 Å². The third kappa shape index (κ3) is 1.84. The summed E-state index contributed by atoms with van der Waals surface area (Å²) in [6.45, 7) is 2.16. The van der Waals surface area contributed by atoms with Gasteiger partial charge in [0.25, 0.3) is 0 Å². The molecule has 0 saturated heterocycles. The van der Waals surface area contributed by atoms with Crippen molar-refractivity contribution in [3.05, 3.63) is 21.7 Å². The molecule has 1 aromatic heterocycles. The Morgan fingerprint density at radius 3 is 3.29 bits per heavy atom. The van der Waals surface area contributed by atoms with E-state index in [1.165, 1.54) is 5.56 Å². The molecule has 0 spiro atoms. The highest BCUT2D eigenvalue weighted by Gasteiger charge is 2.14. The summed E-state index contributed by atoms with van der Waals surface area (Å²) in [5.41, 5.74) is 3.40. The zero-order valence-corrected chi connectivity index (χ0v) is 8.91. The maximum Gasteiger partial charge on any atom is 0.197 e. The van der Waals surface area contributed by atoms with E-state index in [0.29, 0.717) is 11.4 Å². The van der Waals surface area contributed by atoms with Crippen molar-refractivity contribution in [3.63, 3.8) is 0 Å². The number of rotatable bonds is 2. The number of fused-ring (bicyclic) bond motifs is 1. The number of nitrogens with zero attached hydrogens (tertiary/aromatic N) is 1. The minimum atomic E-state index is 0.541. The first-order valence-corrected chi connectivity index (χ1v) is 5.05. The first kappa shape index (κ1) is 9.76. The molecule has 0 unspecified atom stereocenters. The van der Waals surface area contributed by atoms with Crippen LogP contribution in [0.3, 0.4) is 0 Å². The molecule has 0 fully saturated rings. The van der Waals surface area contributed by atoms with Crippen LogP contribution in [-0.4, -0.2) is 23.6 Å². The van der Waals surface area contributed by atoms with Crippen LogP contribution < -0.4 is 5.32 Å². The molecule has 2 rings (SSSR count). The SMILES string of the molecule is CNCc1nc(=S)[nH]c2c1CCOC2. The predicted molar refractivity (Wildman–Crippen MR) is 55.5 cm³/mol. The lowest BCUT2D eigenvalue weighted by Crippen LogP contribution is -2.19. The minimum absolute atomic E-state index is 0.541. The highest BCUT2D eigenvalue weighted by atomic mass is 32.1. The van der Waals surface area contributed by atoms with E-state index in [4.69, 9.17) is 17.0 Å². The van der Waals surface area contributed by atoms with Crippen LogP contribution in [0, 0.1) is 4.77 Å². The minimum Gasteiger partial charge on any atom is -0.375 e. The van der Waals surface area contributed by atoms with E-state index >= 15 is 0 Å². The first-order valence-electron chi connectivity index (χ1n) is 4.64. The average molecular weight is 211 g/mol. The van der Waals surface area contributed by atoms with Gasteiger partial charge in [0.05, 0.1) is 18.9 Å². The second-order valence-corrected chi connectivity index (χ2v) is 3.67. The quantitative estimate of drug-likeness (QED) is 0.715. The smallest absolute Gasteiger partial charge is 0.197 e. The Hall–Kier alpha value is -0.780. The summed E-state index contributed by atoms with van der Waals surface area (Å²) in [7, 11) is 1.91. The van der Waals surface area contributed by atoms with Crippen LogP contribution in [-0.2, 0) is 24.3 Å². The van der Waals surface area contributed by atoms with Gasteiger partial charge in [-0.25, -0.2) is 4.98 Å². The molecule has 4 nitrogen and oxygen atoms in total. The van der Waals surface area contributed by atoms with Crippen molar-refractivity contribution in [3.8, 4) is 0 Å². The molecule has 0 aromatic carbocycles. The lowest BCUT2D eigenvalue weighted by Gasteiger charge is -2.18. The van der Waals surface area contributed by atoms with Crippen LogP contribution >= 0.6 is 12.2 Å². The number of aromatic amines is 1. The maximum absolute atomic E-state index is 5.36. The lowest BCUT2D eigenvalue weighted by molar-refractivity contribution is 0.106. The Labute approximate surface area is 87.7 Å². The number of aromatic nitrogens is 2. The highest BCUT2D eigenvalue weighted by Crippen LogP contribution is 2.17. The molecule has 0 saturated carbocycles. The molecule has 0 radical (unpaired) electrons. The van der Waals surface area contributed by atoms with Gasteiger partial charge < -0.3 is 15.0 Å². The third-order valence-electron chi connectivity index (χ3n) is 2.29. The summed E-state index contributed by atoms with van der Waals surface area (Å²) >= 11 is 5.05. The molecule has 1 aliphatic heterocycles. The fourth-order valence-electron chi connectivity index (χ4n) is 1.68. The van der Waals surface area contributed by atoms with Crippen molar-refractivity contribution in [2.45, 2.75) is 19.6 Å². The Kier molecular flexibility index (Phi) is 2.90. The fourth-order valence-corrected chi connectivity index (χ4v) is 1.91. The monoisotopic (exact) mass is 211 g/mol. The van der Waals surface area contributed by atoms with Crippen molar-refractivity contribution < 1.29 is 4.74 Å². The van der Waals surface area contributed by atoms with E-state index in [0.717, 1.165) is 31.0 Å². The molecule has 1 aliphatic rings. The third-order valence-corrected chi connectivity index (χ3v) is 2.49. The van der Waals surface area contributed by atoms with Gasteiger partial charge in [-0.3, -0.25) is 0 Å². The molecule has 5 heteroatoms. The molecule has 0 atom stereocenters. The van der Waals surface area contributed by atoms with Crippen LogP contribution in [0.15, 0.2) is 0 Å². The van der Waals surface area contributed by atoms with Crippen LogP contribution in [0.4, 0.5) is 0 Å². The maximum atomic E-state index is 5.36. The van der Waals surface area contributed by atoms with Gasteiger partial charge in [0.2, 0.25) is 0 Å². The number of ether oxygens (including phenoxy) is 1. The zero-order chi connectivity index (χ0) is 9.97. The Balaban J connectivity index is 2.47. The molecular weight excluding hydrogens is 198 g/mol. The molecule has 2 N–H and O–H groups in total. The number of hydrogen-bond donors (Lipinski definition) is 2. The summed E-state index contributed by atoms with van der Waals surface area (Å²) in [5, 5.41) is 3.10. The zero-order valence-electron chi connectivity index (χ0n) is 8.09. The lowest BCUT2D eigenvalue weighted by atomic mass is 10.1. The van der Waals surface area contributed by atoms with Gasteiger partial charge in [0.1, 0.15) is 0 Å². The van der Waals surface area contributed by atoms with Crippen LogP contribution in [0.25, 0.3) is 0 Å². The Morgan fingerprint density at radius 1 is 1.64 bits per heavy atom. The summed E-state index contributed by atoms with van der Waals surface area (Å²) in [6, 6.07) is 0. The van der Waals surface area contributed by atoms with E-state index in [1.54, 1.807) is 0 Å². The molecule has 14 heavy (non-hydrogen) atoms. The predicted octanol–water partition coefficient (Wildman–Crippen LogP) is 0.931. The van der Waals surface area contributed by atoms with E-state index in [9.17, 15) is 0 Å². The van der Waals surface area contributed by atoms with Crippen molar-refractivity contribution >= 4 is 12.2 Å². The highest BCUT2D eigenvalue weighted by molar-refractivity contribution is 7.71. The molecule has 0 aliphatic carbocycles. The van der Waals surface area contributed by atoms with Crippen LogP contribution in [0.2, 0.25) is 0 Å². The molecule has 76 valence electrons. The summed E-state index contributed by atoms with van der Waals surface area (Å²) in [4.78, 5) is 7.39. The molecular formula is C9H13N3OS. The van der Waals surface area contributed by atoms with Gasteiger partial charge in [0, 0.05) is 12.2 Å². The second kappa shape index (κ2) is 4.16. The molecule has 1 aromatic rings. The Morgan fingerprint density at radius 2 is 2.50 bits per heavy atom. The summed E-state index contributed by atoms with van der Waals surface area (Å²) < 4.78 is 5.90. The summed E-state index contributed by atoms with van der Waals surface area (Å²) in [5.74, 6) is 0. The fraction of sp³-hybridized carbons (Fsp3) is 0.556. The van der Waals surface area contributed by atoms with Crippen molar-refractivity contribution in [1.82, 2.24) is 15.3 Å². The van der Waals surface area contributed by atoms with Crippen molar-refractivity contribution in [2.24, 2.45) is 0 Å². The largest absolute Gasteiger partial charge is 0.375 e. The topological polar surface area (TPSA) is 49.9 Å². The Bertz CT molecular complexity index is 388. The van der Waals surface area contributed by atoms with Crippen LogP contribution in [0.1, 0.15) is 17.0 Å². The number of hydrogen-bond acceptors (Lipinski definition) is 4. The van der Waals surface area contributed by atoms with Gasteiger partial charge in [-0.05, 0) is 31.2 Å². The van der Waals surface area contributed by atoms with Gasteiger partial charge in [-0.15, -0.1) is 0 Å². The normalized spacial score (nSPS) is 15.2. The van der Waals surface area contributed by atoms with Crippen molar-refractivity contribution in [2.75, 3.05) is 13.7 Å².